The Kier molecular flexibility index (Phi) is 3.52. The topological polar surface area (TPSA) is 61.9 Å². The lowest BCUT2D eigenvalue weighted by Gasteiger charge is -2.30. The molecular weight excluding hydrogens is 214 g/mol. The lowest BCUT2D eigenvalue weighted by Crippen LogP contribution is -2.31. The largest absolute Gasteiger partial charge is 0.409 e. The average Bonchev–Trinajstić information content (AvgIpc) is 2.39. The molecule has 4 nitrogen and oxygen atoms in total. The van der Waals surface area contributed by atoms with Gasteiger partial charge in [0, 0.05) is 24.3 Å². The normalized spacial score (nSPS) is 17.2. The zero-order chi connectivity index (χ0) is 12.3. The SMILES string of the molecule is Cc1ccc(C(N)=NO)c(N2CCCCC2)c1. The first kappa shape index (κ1) is 11.8. The van der Waals surface area contributed by atoms with Crippen molar-refractivity contribution < 1.29 is 5.21 Å². The number of anilines is 1. The molecule has 0 spiro atoms. The standard InChI is InChI=1S/C13H19N3O/c1-10-5-6-11(13(14)15-17)12(9-10)16-7-3-2-4-8-16/h5-6,9,17H,2-4,7-8H2,1H3,(H2,14,15). The third-order valence-electron chi connectivity index (χ3n) is 3.23. The summed E-state index contributed by atoms with van der Waals surface area (Å²) in [7, 11) is 0. The Morgan fingerprint density at radius 3 is 2.65 bits per heavy atom. The van der Waals surface area contributed by atoms with Crippen molar-refractivity contribution in [2.75, 3.05) is 18.0 Å². The van der Waals surface area contributed by atoms with Crippen LogP contribution in [0.3, 0.4) is 0 Å². The molecule has 1 aromatic carbocycles. The summed E-state index contributed by atoms with van der Waals surface area (Å²) in [6.45, 7) is 4.16. The predicted octanol–water partition coefficient (Wildman–Crippen LogP) is 2.08. The Bertz CT molecular complexity index is 423. The average molecular weight is 233 g/mol. The van der Waals surface area contributed by atoms with E-state index < -0.39 is 0 Å². The third kappa shape index (κ3) is 2.52. The van der Waals surface area contributed by atoms with Gasteiger partial charge in [-0.1, -0.05) is 11.2 Å². The Morgan fingerprint density at radius 1 is 1.29 bits per heavy atom. The highest BCUT2D eigenvalue weighted by atomic mass is 16.4. The van der Waals surface area contributed by atoms with E-state index >= 15 is 0 Å². The van der Waals surface area contributed by atoms with Crippen molar-refractivity contribution in [3.05, 3.63) is 29.3 Å². The van der Waals surface area contributed by atoms with Crippen molar-refractivity contribution >= 4 is 11.5 Å². The number of hydrogen-bond acceptors (Lipinski definition) is 3. The third-order valence-corrected chi connectivity index (χ3v) is 3.23. The van der Waals surface area contributed by atoms with E-state index in [2.05, 4.69) is 23.0 Å². The van der Waals surface area contributed by atoms with Crippen LogP contribution >= 0.6 is 0 Å². The minimum absolute atomic E-state index is 0.186. The second-order valence-corrected chi connectivity index (χ2v) is 4.55. The van der Waals surface area contributed by atoms with Gasteiger partial charge in [-0.15, -0.1) is 0 Å². The molecule has 0 unspecified atom stereocenters. The number of nitrogens with two attached hydrogens (primary N) is 1. The Morgan fingerprint density at radius 2 is 2.00 bits per heavy atom. The minimum atomic E-state index is 0.186. The number of benzene rings is 1. The van der Waals surface area contributed by atoms with Gasteiger partial charge in [-0.3, -0.25) is 0 Å². The Labute approximate surface area is 102 Å². The van der Waals surface area contributed by atoms with Crippen molar-refractivity contribution in [3.8, 4) is 0 Å². The van der Waals surface area contributed by atoms with E-state index in [9.17, 15) is 0 Å². The summed E-state index contributed by atoms with van der Waals surface area (Å²) in [6.07, 6.45) is 3.72. The van der Waals surface area contributed by atoms with Crippen LogP contribution in [0.5, 0.6) is 0 Å². The molecule has 0 amide bonds. The maximum absolute atomic E-state index is 8.82. The minimum Gasteiger partial charge on any atom is -0.409 e. The molecule has 2 rings (SSSR count). The number of hydrogen-bond donors (Lipinski definition) is 2. The molecule has 1 heterocycles. The molecule has 1 aliphatic rings. The maximum atomic E-state index is 8.82. The van der Waals surface area contributed by atoms with Gasteiger partial charge < -0.3 is 15.8 Å². The van der Waals surface area contributed by atoms with E-state index in [-0.39, 0.29) is 5.84 Å². The van der Waals surface area contributed by atoms with E-state index in [1.165, 1.54) is 24.8 Å². The Hall–Kier alpha value is -1.71. The summed E-state index contributed by atoms with van der Waals surface area (Å²) < 4.78 is 0. The van der Waals surface area contributed by atoms with E-state index in [0.717, 1.165) is 24.3 Å². The number of amidine groups is 1. The number of piperidine rings is 1. The molecule has 92 valence electrons. The van der Waals surface area contributed by atoms with Crippen LogP contribution in [0.4, 0.5) is 5.69 Å². The molecule has 1 fully saturated rings. The molecule has 17 heavy (non-hydrogen) atoms. The molecule has 3 N–H and O–H groups in total. The molecule has 0 radical (unpaired) electrons. The maximum Gasteiger partial charge on any atom is 0.172 e. The first-order chi connectivity index (χ1) is 8.22. The molecular formula is C13H19N3O. The fraction of sp³-hybridized carbons (Fsp3) is 0.462. The van der Waals surface area contributed by atoms with E-state index in [1.54, 1.807) is 0 Å². The lowest BCUT2D eigenvalue weighted by molar-refractivity contribution is 0.318. The van der Waals surface area contributed by atoms with Gasteiger partial charge >= 0.3 is 0 Å². The number of rotatable bonds is 2. The first-order valence-electron chi connectivity index (χ1n) is 6.06. The van der Waals surface area contributed by atoms with Crippen molar-refractivity contribution in [2.24, 2.45) is 10.9 Å². The number of nitrogens with zero attached hydrogens (tertiary/aromatic N) is 2. The molecule has 0 bridgehead atoms. The van der Waals surface area contributed by atoms with Gasteiger partial charge in [-0.05, 0) is 43.9 Å². The summed E-state index contributed by atoms with van der Waals surface area (Å²) in [5.74, 6) is 0.186. The van der Waals surface area contributed by atoms with Crippen molar-refractivity contribution in [1.82, 2.24) is 0 Å². The van der Waals surface area contributed by atoms with Gasteiger partial charge in [0.25, 0.3) is 0 Å². The van der Waals surface area contributed by atoms with Crippen LogP contribution in [-0.4, -0.2) is 24.1 Å². The fourth-order valence-corrected chi connectivity index (χ4v) is 2.31. The molecule has 0 atom stereocenters. The van der Waals surface area contributed by atoms with E-state index in [1.807, 2.05) is 12.1 Å². The van der Waals surface area contributed by atoms with Gasteiger partial charge in [0.15, 0.2) is 5.84 Å². The van der Waals surface area contributed by atoms with Gasteiger partial charge in [-0.25, -0.2) is 0 Å². The van der Waals surface area contributed by atoms with Crippen LogP contribution in [0.15, 0.2) is 23.4 Å². The highest BCUT2D eigenvalue weighted by Gasteiger charge is 2.16. The summed E-state index contributed by atoms with van der Waals surface area (Å²) in [4.78, 5) is 2.32. The molecule has 0 saturated carbocycles. The van der Waals surface area contributed by atoms with E-state index in [0.29, 0.717) is 0 Å². The summed E-state index contributed by atoms with van der Waals surface area (Å²) >= 11 is 0. The van der Waals surface area contributed by atoms with Gasteiger partial charge in [0.2, 0.25) is 0 Å². The molecule has 4 heteroatoms. The van der Waals surface area contributed by atoms with Crippen molar-refractivity contribution in [2.45, 2.75) is 26.2 Å². The lowest BCUT2D eigenvalue weighted by atomic mass is 10.0. The highest BCUT2D eigenvalue weighted by Crippen LogP contribution is 2.25. The summed E-state index contributed by atoms with van der Waals surface area (Å²) in [5.41, 5.74) is 8.82. The zero-order valence-corrected chi connectivity index (χ0v) is 10.2. The second kappa shape index (κ2) is 5.08. The molecule has 0 aliphatic carbocycles. The molecule has 1 aromatic rings. The van der Waals surface area contributed by atoms with Crippen LogP contribution in [0.25, 0.3) is 0 Å². The van der Waals surface area contributed by atoms with Crippen LogP contribution in [-0.2, 0) is 0 Å². The second-order valence-electron chi connectivity index (χ2n) is 4.55. The molecule has 1 saturated heterocycles. The fourth-order valence-electron chi connectivity index (χ4n) is 2.31. The first-order valence-corrected chi connectivity index (χ1v) is 6.06. The quantitative estimate of drug-likeness (QED) is 0.356. The summed E-state index contributed by atoms with van der Waals surface area (Å²) in [6, 6.07) is 6.02. The highest BCUT2D eigenvalue weighted by molar-refractivity contribution is 6.02. The Balaban J connectivity index is 2.38. The zero-order valence-electron chi connectivity index (χ0n) is 10.2. The van der Waals surface area contributed by atoms with Crippen LogP contribution in [0.2, 0.25) is 0 Å². The van der Waals surface area contributed by atoms with Gasteiger partial charge in [0.05, 0.1) is 0 Å². The van der Waals surface area contributed by atoms with Crippen molar-refractivity contribution in [3.63, 3.8) is 0 Å². The van der Waals surface area contributed by atoms with Crippen molar-refractivity contribution in [1.29, 1.82) is 0 Å². The smallest absolute Gasteiger partial charge is 0.172 e. The number of oxime groups is 1. The van der Waals surface area contributed by atoms with Gasteiger partial charge in [0.1, 0.15) is 0 Å². The van der Waals surface area contributed by atoms with Crippen LogP contribution < -0.4 is 10.6 Å². The van der Waals surface area contributed by atoms with Crippen LogP contribution in [0.1, 0.15) is 30.4 Å². The summed E-state index contributed by atoms with van der Waals surface area (Å²) in [5, 5.41) is 11.9. The molecule has 1 aliphatic heterocycles. The van der Waals surface area contributed by atoms with E-state index in [4.69, 9.17) is 10.9 Å². The van der Waals surface area contributed by atoms with Gasteiger partial charge in [-0.2, -0.15) is 0 Å². The molecule has 0 aromatic heterocycles. The monoisotopic (exact) mass is 233 g/mol. The predicted molar refractivity (Wildman–Crippen MR) is 69.8 cm³/mol. The van der Waals surface area contributed by atoms with Crippen LogP contribution in [0, 0.1) is 6.92 Å². The number of aryl methyl sites for hydroxylation is 1.